The van der Waals surface area contributed by atoms with Crippen LogP contribution in [0.25, 0.3) is 0 Å². The Morgan fingerprint density at radius 2 is 2.27 bits per heavy atom. The molecule has 15 heavy (non-hydrogen) atoms. The van der Waals surface area contributed by atoms with Crippen molar-refractivity contribution in [2.75, 3.05) is 19.5 Å². The van der Waals surface area contributed by atoms with E-state index in [-0.39, 0.29) is 5.82 Å². The normalized spacial score (nSPS) is 10.6. The van der Waals surface area contributed by atoms with E-state index >= 15 is 0 Å². The average molecular weight is 293 g/mol. The Kier molecular flexibility index (Phi) is 6.29. The summed E-state index contributed by atoms with van der Waals surface area (Å²) in [6.45, 7) is 0.806. The Balaban J connectivity index is 2.28. The van der Waals surface area contributed by atoms with Crippen molar-refractivity contribution in [3.8, 4) is 0 Å². The monoisotopic (exact) mass is 292 g/mol. The molecule has 1 aromatic carbocycles. The van der Waals surface area contributed by atoms with Gasteiger partial charge in [-0.1, -0.05) is 6.07 Å². The third-order valence-corrected chi connectivity index (χ3v) is 3.61. The van der Waals surface area contributed by atoms with Crippen LogP contribution >= 0.6 is 27.7 Å². The largest absolute Gasteiger partial charge is 0.385 e. The molecule has 4 heteroatoms. The van der Waals surface area contributed by atoms with Gasteiger partial charge in [0.1, 0.15) is 5.82 Å². The molecule has 0 saturated heterocycles. The van der Waals surface area contributed by atoms with Crippen molar-refractivity contribution in [3.63, 3.8) is 0 Å². The number of hydrogen-bond donors (Lipinski definition) is 0. The molecule has 1 rings (SSSR count). The predicted octanol–water partition coefficient (Wildman–Crippen LogP) is 3.86. The van der Waals surface area contributed by atoms with Gasteiger partial charge in [0, 0.05) is 19.5 Å². The molecule has 84 valence electrons. The van der Waals surface area contributed by atoms with E-state index in [4.69, 9.17) is 4.74 Å². The molecule has 0 aliphatic carbocycles. The van der Waals surface area contributed by atoms with Gasteiger partial charge in [0.25, 0.3) is 0 Å². The average Bonchev–Trinajstić information content (AvgIpc) is 2.23. The zero-order chi connectivity index (χ0) is 11.1. The van der Waals surface area contributed by atoms with Crippen LogP contribution in [0.1, 0.15) is 12.0 Å². The van der Waals surface area contributed by atoms with Crippen molar-refractivity contribution >= 4 is 27.7 Å². The van der Waals surface area contributed by atoms with E-state index in [9.17, 15) is 4.39 Å². The fourth-order valence-corrected chi connectivity index (χ4v) is 2.43. The van der Waals surface area contributed by atoms with Crippen molar-refractivity contribution in [2.24, 2.45) is 0 Å². The first-order chi connectivity index (χ1) is 7.24. The van der Waals surface area contributed by atoms with Gasteiger partial charge in [0.05, 0.1) is 4.47 Å². The number of thioether (sulfide) groups is 1. The first-order valence-corrected chi connectivity index (χ1v) is 6.69. The molecule has 1 aromatic rings. The highest BCUT2D eigenvalue weighted by Gasteiger charge is 2.00. The van der Waals surface area contributed by atoms with E-state index in [0.717, 1.165) is 30.1 Å². The van der Waals surface area contributed by atoms with Crippen LogP contribution in [0.4, 0.5) is 4.39 Å². The standard InChI is InChI=1S/C11H14BrFOS/c1-14-5-2-6-15-8-9-3-4-11(13)10(12)7-9/h3-4,7H,2,5-6,8H2,1H3. The lowest BCUT2D eigenvalue weighted by Gasteiger charge is -2.03. The fourth-order valence-electron chi connectivity index (χ4n) is 1.12. The van der Waals surface area contributed by atoms with Gasteiger partial charge in [0.15, 0.2) is 0 Å². The SMILES string of the molecule is COCCCSCc1ccc(F)c(Br)c1. The maximum atomic E-state index is 12.9. The van der Waals surface area contributed by atoms with E-state index in [1.807, 2.05) is 23.9 Å². The maximum absolute atomic E-state index is 12.9. The molecule has 0 atom stereocenters. The van der Waals surface area contributed by atoms with Crippen LogP contribution in [0, 0.1) is 5.82 Å². The summed E-state index contributed by atoms with van der Waals surface area (Å²) in [5.74, 6) is 1.79. The second-order valence-electron chi connectivity index (χ2n) is 3.15. The second kappa shape index (κ2) is 7.25. The smallest absolute Gasteiger partial charge is 0.137 e. The van der Waals surface area contributed by atoms with Gasteiger partial charge >= 0.3 is 0 Å². The van der Waals surface area contributed by atoms with Crippen molar-refractivity contribution in [1.29, 1.82) is 0 Å². The van der Waals surface area contributed by atoms with Crippen LogP contribution in [0.5, 0.6) is 0 Å². The Bertz CT molecular complexity index is 307. The van der Waals surface area contributed by atoms with Gasteiger partial charge in [-0.25, -0.2) is 4.39 Å². The number of benzene rings is 1. The Hall–Kier alpha value is -0.0600. The number of hydrogen-bond acceptors (Lipinski definition) is 2. The molecule has 0 bridgehead atoms. The molecule has 0 amide bonds. The number of methoxy groups -OCH3 is 1. The molecule has 0 fully saturated rings. The van der Waals surface area contributed by atoms with Gasteiger partial charge in [-0.15, -0.1) is 0 Å². The molecule has 1 nitrogen and oxygen atoms in total. The van der Waals surface area contributed by atoms with Gasteiger partial charge in [0.2, 0.25) is 0 Å². The second-order valence-corrected chi connectivity index (χ2v) is 5.11. The summed E-state index contributed by atoms with van der Waals surface area (Å²) < 4.78 is 18.4. The predicted molar refractivity (Wildman–Crippen MR) is 66.8 cm³/mol. The third-order valence-electron chi connectivity index (χ3n) is 1.89. The zero-order valence-electron chi connectivity index (χ0n) is 8.63. The van der Waals surface area contributed by atoms with Crippen LogP contribution in [0.2, 0.25) is 0 Å². The molecular formula is C11H14BrFOS. The Labute approximate surface area is 103 Å². The van der Waals surface area contributed by atoms with Crippen LogP contribution < -0.4 is 0 Å². The molecule has 0 aliphatic heterocycles. The molecular weight excluding hydrogens is 279 g/mol. The van der Waals surface area contributed by atoms with Crippen molar-refractivity contribution in [2.45, 2.75) is 12.2 Å². The minimum atomic E-state index is -0.205. The summed E-state index contributed by atoms with van der Waals surface area (Å²) in [7, 11) is 1.71. The van der Waals surface area contributed by atoms with Crippen LogP contribution in [-0.4, -0.2) is 19.5 Å². The molecule has 0 heterocycles. The van der Waals surface area contributed by atoms with E-state index < -0.39 is 0 Å². The molecule has 0 saturated carbocycles. The van der Waals surface area contributed by atoms with E-state index in [2.05, 4.69) is 15.9 Å². The number of rotatable bonds is 6. The van der Waals surface area contributed by atoms with Crippen molar-refractivity contribution in [3.05, 3.63) is 34.1 Å². The summed E-state index contributed by atoms with van der Waals surface area (Å²) in [6, 6.07) is 5.15. The minimum Gasteiger partial charge on any atom is -0.385 e. The highest BCUT2D eigenvalue weighted by atomic mass is 79.9. The summed E-state index contributed by atoms with van der Waals surface area (Å²) in [4.78, 5) is 0. The molecule has 0 unspecified atom stereocenters. The first kappa shape index (κ1) is 13.0. The molecule has 0 aromatic heterocycles. The van der Waals surface area contributed by atoms with Gasteiger partial charge in [-0.05, 0) is 45.8 Å². The Morgan fingerprint density at radius 1 is 1.47 bits per heavy atom. The van der Waals surface area contributed by atoms with Gasteiger partial charge in [-0.2, -0.15) is 11.8 Å². The van der Waals surface area contributed by atoms with Gasteiger partial charge in [-0.3, -0.25) is 0 Å². The lowest BCUT2D eigenvalue weighted by Crippen LogP contribution is -1.91. The highest BCUT2D eigenvalue weighted by Crippen LogP contribution is 2.20. The van der Waals surface area contributed by atoms with E-state index in [1.165, 1.54) is 6.07 Å². The van der Waals surface area contributed by atoms with Crippen molar-refractivity contribution in [1.82, 2.24) is 0 Å². The maximum Gasteiger partial charge on any atom is 0.137 e. The zero-order valence-corrected chi connectivity index (χ0v) is 11.0. The number of halogens is 2. The molecule has 0 spiro atoms. The summed E-state index contributed by atoms with van der Waals surface area (Å²) >= 11 is 5.01. The summed E-state index contributed by atoms with van der Waals surface area (Å²) in [6.07, 6.45) is 1.06. The molecule has 0 N–H and O–H groups in total. The lowest BCUT2D eigenvalue weighted by atomic mass is 10.2. The van der Waals surface area contributed by atoms with E-state index in [0.29, 0.717) is 4.47 Å². The topological polar surface area (TPSA) is 9.23 Å². The van der Waals surface area contributed by atoms with E-state index in [1.54, 1.807) is 7.11 Å². The summed E-state index contributed by atoms with van der Waals surface area (Å²) in [5.41, 5.74) is 1.14. The van der Waals surface area contributed by atoms with Crippen LogP contribution in [-0.2, 0) is 10.5 Å². The minimum absolute atomic E-state index is 0.205. The third kappa shape index (κ3) is 5.00. The fraction of sp³-hybridized carbons (Fsp3) is 0.455. The quantitative estimate of drug-likeness (QED) is 0.737. The highest BCUT2D eigenvalue weighted by molar-refractivity contribution is 9.10. The van der Waals surface area contributed by atoms with Crippen LogP contribution in [0.3, 0.4) is 0 Å². The Morgan fingerprint density at radius 3 is 2.93 bits per heavy atom. The van der Waals surface area contributed by atoms with Gasteiger partial charge < -0.3 is 4.74 Å². The lowest BCUT2D eigenvalue weighted by molar-refractivity contribution is 0.200. The first-order valence-electron chi connectivity index (χ1n) is 4.74. The summed E-state index contributed by atoms with van der Waals surface area (Å²) in [5, 5.41) is 0. The van der Waals surface area contributed by atoms with Crippen LogP contribution in [0.15, 0.2) is 22.7 Å². The number of ether oxygens (including phenoxy) is 1. The van der Waals surface area contributed by atoms with Crippen molar-refractivity contribution < 1.29 is 9.13 Å². The molecule has 0 radical (unpaired) electrons. The molecule has 0 aliphatic rings.